The first-order valence-corrected chi connectivity index (χ1v) is 14.7. The van der Waals surface area contributed by atoms with Gasteiger partial charge in [0.05, 0.1) is 0 Å². The molecule has 1 nitrogen and oxygen atoms in total. The number of benzene rings is 7. The first-order chi connectivity index (χ1) is 20.5. The van der Waals surface area contributed by atoms with Gasteiger partial charge in [0.1, 0.15) is 0 Å². The lowest BCUT2D eigenvalue weighted by Gasteiger charge is -2.23. The van der Waals surface area contributed by atoms with Crippen molar-refractivity contribution in [2.45, 2.75) is 19.3 Å². The number of hydrogen-bond acceptors (Lipinski definition) is 1. The lowest BCUT2D eigenvalue weighted by atomic mass is 9.80. The maximum atomic E-state index is 4.26. The summed E-state index contributed by atoms with van der Waals surface area (Å²) in [4.78, 5) is 4.26. The van der Waals surface area contributed by atoms with Crippen LogP contribution in [0, 0.1) is 0 Å². The predicted octanol–water partition coefficient (Wildman–Crippen LogP) is 10.8. The van der Waals surface area contributed by atoms with Gasteiger partial charge in [0.25, 0.3) is 0 Å². The van der Waals surface area contributed by atoms with Gasteiger partial charge in [0, 0.05) is 18.7 Å². The fraction of sp³-hybridized carbons (Fsp3) is 0.0976. The Morgan fingerprint density at radius 3 is 1.62 bits per heavy atom. The average Bonchev–Trinajstić information content (AvgIpc) is 3.25. The van der Waals surface area contributed by atoms with E-state index in [2.05, 4.69) is 146 Å². The van der Waals surface area contributed by atoms with Gasteiger partial charge in [-0.05, 0) is 101 Å². The lowest BCUT2D eigenvalue weighted by molar-refractivity contribution is 0.660. The number of nitrogens with zero attached hydrogens (tertiary/aromatic N) is 1. The van der Waals surface area contributed by atoms with Gasteiger partial charge in [-0.1, -0.05) is 123 Å². The standard InChI is InChI=1S/C41H31N/c1-41(2)37-22-26(25-42-3)16-20-31(37)32-21-19-30(24-38(32)41)40-35-14-8-6-12-33(35)39(34-13-7-9-15-36(34)40)29-18-17-27-10-4-5-11-28(27)23-29/h4-25H,1-3H3. The van der Waals surface area contributed by atoms with E-state index in [9.17, 15) is 0 Å². The summed E-state index contributed by atoms with van der Waals surface area (Å²) in [6.45, 7) is 4.71. The van der Waals surface area contributed by atoms with Gasteiger partial charge >= 0.3 is 0 Å². The van der Waals surface area contributed by atoms with Crippen LogP contribution in [0.2, 0.25) is 0 Å². The van der Waals surface area contributed by atoms with E-state index in [1.807, 2.05) is 13.3 Å². The van der Waals surface area contributed by atoms with E-state index in [1.165, 1.54) is 76.8 Å². The predicted molar refractivity (Wildman–Crippen MR) is 181 cm³/mol. The minimum Gasteiger partial charge on any atom is -0.296 e. The third-order valence-corrected chi connectivity index (χ3v) is 9.24. The molecule has 0 amide bonds. The third-order valence-electron chi connectivity index (χ3n) is 9.24. The van der Waals surface area contributed by atoms with E-state index in [1.54, 1.807) is 0 Å². The topological polar surface area (TPSA) is 12.4 Å². The second-order valence-electron chi connectivity index (χ2n) is 12.0. The van der Waals surface area contributed by atoms with Crippen LogP contribution in [0.4, 0.5) is 0 Å². The Morgan fingerprint density at radius 1 is 0.500 bits per heavy atom. The summed E-state index contributed by atoms with van der Waals surface area (Å²) in [5, 5.41) is 7.67. The maximum absolute atomic E-state index is 4.26. The van der Waals surface area contributed by atoms with Crippen LogP contribution in [0.25, 0.3) is 65.7 Å². The largest absolute Gasteiger partial charge is 0.296 e. The number of hydrogen-bond donors (Lipinski definition) is 0. The summed E-state index contributed by atoms with van der Waals surface area (Å²) in [7, 11) is 1.83. The normalized spacial score (nSPS) is 13.7. The minimum absolute atomic E-state index is 0.102. The molecule has 0 fully saturated rings. The minimum atomic E-state index is -0.102. The van der Waals surface area contributed by atoms with Crippen molar-refractivity contribution >= 4 is 38.5 Å². The monoisotopic (exact) mass is 537 g/mol. The van der Waals surface area contributed by atoms with E-state index in [4.69, 9.17) is 0 Å². The number of rotatable bonds is 3. The van der Waals surface area contributed by atoms with Crippen molar-refractivity contribution in [1.82, 2.24) is 0 Å². The van der Waals surface area contributed by atoms with Gasteiger partial charge in [0.2, 0.25) is 0 Å². The van der Waals surface area contributed by atoms with E-state index in [0.29, 0.717) is 0 Å². The summed E-state index contributed by atoms with van der Waals surface area (Å²) in [6, 6.07) is 47.2. The smallest absolute Gasteiger partial charge is 0.0281 e. The number of fused-ring (bicyclic) bond motifs is 6. The number of aliphatic imine (C=N–C) groups is 1. The van der Waals surface area contributed by atoms with Gasteiger partial charge in [-0.25, -0.2) is 0 Å². The van der Waals surface area contributed by atoms with Crippen LogP contribution in [0.5, 0.6) is 0 Å². The van der Waals surface area contributed by atoms with Gasteiger partial charge in [-0.3, -0.25) is 4.99 Å². The molecule has 0 aliphatic heterocycles. The van der Waals surface area contributed by atoms with E-state index < -0.39 is 0 Å². The maximum Gasteiger partial charge on any atom is 0.0281 e. The second kappa shape index (κ2) is 9.26. The summed E-state index contributed by atoms with van der Waals surface area (Å²) in [6.07, 6.45) is 1.94. The second-order valence-corrected chi connectivity index (χ2v) is 12.0. The molecule has 0 atom stereocenters. The Bertz CT molecular complexity index is 2170. The molecule has 0 bridgehead atoms. The molecule has 0 heterocycles. The molecular weight excluding hydrogens is 506 g/mol. The molecule has 0 N–H and O–H groups in total. The fourth-order valence-electron chi connectivity index (χ4n) is 7.24. The molecule has 0 saturated heterocycles. The Kier molecular flexibility index (Phi) is 5.46. The van der Waals surface area contributed by atoms with Gasteiger partial charge in [-0.15, -0.1) is 0 Å². The van der Waals surface area contributed by atoms with Crippen LogP contribution in [0.1, 0.15) is 30.5 Å². The van der Waals surface area contributed by atoms with Crippen molar-refractivity contribution in [2.75, 3.05) is 7.05 Å². The van der Waals surface area contributed by atoms with Crippen molar-refractivity contribution in [1.29, 1.82) is 0 Å². The van der Waals surface area contributed by atoms with Crippen LogP contribution in [0.3, 0.4) is 0 Å². The molecule has 1 aliphatic carbocycles. The Labute approximate surface area is 246 Å². The first kappa shape index (κ1) is 24.8. The molecule has 0 radical (unpaired) electrons. The van der Waals surface area contributed by atoms with E-state index in [0.717, 1.165) is 5.56 Å². The zero-order chi connectivity index (χ0) is 28.4. The molecule has 7 aromatic rings. The Balaban J connectivity index is 1.39. The zero-order valence-electron chi connectivity index (χ0n) is 24.1. The molecule has 0 saturated carbocycles. The highest BCUT2D eigenvalue weighted by Gasteiger charge is 2.36. The SMILES string of the molecule is CN=Cc1ccc2c(c1)C(C)(C)c1cc(-c3c4ccccc4c(-c4ccc5ccccc5c4)c4ccccc34)ccc1-2. The molecule has 200 valence electrons. The van der Waals surface area contributed by atoms with Gasteiger partial charge in [0.15, 0.2) is 0 Å². The highest BCUT2D eigenvalue weighted by atomic mass is 14.6. The summed E-state index contributed by atoms with van der Waals surface area (Å²) in [5.41, 5.74) is 11.6. The third kappa shape index (κ3) is 3.60. The highest BCUT2D eigenvalue weighted by molar-refractivity contribution is 6.21. The average molecular weight is 538 g/mol. The molecule has 0 spiro atoms. The van der Waals surface area contributed by atoms with Crippen LogP contribution < -0.4 is 0 Å². The quantitative estimate of drug-likeness (QED) is 0.157. The summed E-state index contributed by atoms with van der Waals surface area (Å²) < 4.78 is 0. The van der Waals surface area contributed by atoms with Crippen LogP contribution in [0.15, 0.2) is 132 Å². The van der Waals surface area contributed by atoms with Crippen molar-refractivity contribution in [3.63, 3.8) is 0 Å². The molecular formula is C41H31N. The Hall–Kier alpha value is -5.01. The van der Waals surface area contributed by atoms with Crippen molar-refractivity contribution < 1.29 is 0 Å². The van der Waals surface area contributed by atoms with E-state index >= 15 is 0 Å². The Morgan fingerprint density at radius 2 is 1.00 bits per heavy atom. The molecule has 7 aromatic carbocycles. The lowest BCUT2D eigenvalue weighted by Crippen LogP contribution is -2.15. The first-order valence-electron chi connectivity index (χ1n) is 14.7. The molecule has 8 rings (SSSR count). The molecule has 42 heavy (non-hydrogen) atoms. The van der Waals surface area contributed by atoms with E-state index in [-0.39, 0.29) is 5.41 Å². The molecule has 1 aliphatic rings. The molecule has 1 heteroatoms. The van der Waals surface area contributed by atoms with Crippen LogP contribution >= 0.6 is 0 Å². The molecule has 0 unspecified atom stereocenters. The highest BCUT2D eigenvalue weighted by Crippen LogP contribution is 2.51. The zero-order valence-corrected chi connectivity index (χ0v) is 24.1. The van der Waals surface area contributed by atoms with Gasteiger partial charge in [-0.2, -0.15) is 0 Å². The van der Waals surface area contributed by atoms with Crippen LogP contribution in [-0.2, 0) is 5.41 Å². The molecule has 0 aromatic heterocycles. The van der Waals surface area contributed by atoms with Crippen molar-refractivity contribution in [3.8, 4) is 33.4 Å². The fourth-order valence-corrected chi connectivity index (χ4v) is 7.24. The van der Waals surface area contributed by atoms with Crippen molar-refractivity contribution in [2.24, 2.45) is 4.99 Å². The van der Waals surface area contributed by atoms with Crippen molar-refractivity contribution in [3.05, 3.63) is 144 Å². The summed E-state index contributed by atoms with van der Waals surface area (Å²) in [5.74, 6) is 0. The summed E-state index contributed by atoms with van der Waals surface area (Å²) >= 11 is 0. The van der Waals surface area contributed by atoms with Crippen LogP contribution in [-0.4, -0.2) is 13.3 Å². The van der Waals surface area contributed by atoms with Gasteiger partial charge < -0.3 is 0 Å².